The Hall–Kier alpha value is -2.23. The number of carbonyl (C=O) groups excluding carboxylic acids is 2. The van der Waals surface area contributed by atoms with Crippen LogP contribution in [-0.2, 0) is 20.6 Å². The number of amides is 2. The molecule has 0 aromatic heterocycles. The molecule has 138 valence electrons. The molecule has 0 radical (unpaired) electrons. The fourth-order valence-corrected chi connectivity index (χ4v) is 3.04. The van der Waals surface area contributed by atoms with Gasteiger partial charge in [-0.25, -0.2) is 13.6 Å². The highest BCUT2D eigenvalue weighted by Gasteiger charge is 2.17. The molecule has 0 spiro atoms. The van der Waals surface area contributed by atoms with Gasteiger partial charge in [-0.05, 0) is 48.9 Å². The van der Waals surface area contributed by atoms with Crippen molar-refractivity contribution in [3.05, 3.63) is 64.1 Å². The van der Waals surface area contributed by atoms with Crippen LogP contribution in [0, 0.1) is 0 Å². The van der Waals surface area contributed by atoms with Gasteiger partial charge in [0, 0.05) is 15.7 Å². The lowest BCUT2D eigenvalue weighted by Crippen LogP contribution is -2.41. The summed E-state index contributed by atoms with van der Waals surface area (Å²) in [5.74, 6) is -1.03. The van der Waals surface area contributed by atoms with E-state index in [1.165, 1.54) is 0 Å². The Bertz CT molecular complexity index is 897. The highest BCUT2D eigenvalue weighted by Crippen LogP contribution is 2.12. The van der Waals surface area contributed by atoms with Crippen LogP contribution in [0.1, 0.15) is 22.8 Å². The number of nitrogens with one attached hydrogen (secondary N) is 2. The standard InChI is InChI=1S/C17H18BrN3O4S/c1-11(20-17(23)13-4-6-14(18)7-5-13)16(22)21-15-8-2-12(3-9-15)10-26(19,24)25/h2-9,11H,10H2,1H3,(H,20,23)(H,21,22)(H2,19,24,25). The summed E-state index contributed by atoms with van der Waals surface area (Å²) in [6, 6.07) is 12.3. The normalized spacial score (nSPS) is 12.3. The topological polar surface area (TPSA) is 118 Å². The maximum atomic E-state index is 12.2. The van der Waals surface area contributed by atoms with E-state index in [2.05, 4.69) is 26.6 Å². The fourth-order valence-electron chi connectivity index (χ4n) is 2.11. The van der Waals surface area contributed by atoms with Crippen molar-refractivity contribution in [3.63, 3.8) is 0 Å². The first-order valence-corrected chi connectivity index (χ1v) is 10.1. The van der Waals surface area contributed by atoms with Gasteiger partial charge >= 0.3 is 0 Å². The van der Waals surface area contributed by atoms with E-state index in [1.54, 1.807) is 55.5 Å². The van der Waals surface area contributed by atoms with Gasteiger partial charge in [-0.3, -0.25) is 9.59 Å². The van der Waals surface area contributed by atoms with Gasteiger partial charge in [0.15, 0.2) is 0 Å². The van der Waals surface area contributed by atoms with Gasteiger partial charge in [-0.15, -0.1) is 0 Å². The van der Waals surface area contributed by atoms with Crippen molar-refractivity contribution in [2.24, 2.45) is 5.14 Å². The van der Waals surface area contributed by atoms with E-state index in [0.717, 1.165) is 4.47 Å². The summed E-state index contributed by atoms with van der Waals surface area (Å²) >= 11 is 3.29. The number of benzene rings is 2. The Kier molecular flexibility index (Phi) is 6.52. The number of hydrogen-bond acceptors (Lipinski definition) is 4. The summed E-state index contributed by atoms with van der Waals surface area (Å²) in [6.45, 7) is 1.57. The highest BCUT2D eigenvalue weighted by molar-refractivity contribution is 9.10. The fraction of sp³-hybridized carbons (Fsp3) is 0.176. The second kappa shape index (κ2) is 8.43. The summed E-state index contributed by atoms with van der Waals surface area (Å²) in [7, 11) is -3.61. The van der Waals surface area contributed by atoms with E-state index in [9.17, 15) is 18.0 Å². The molecular formula is C17H18BrN3O4S. The third-order valence-electron chi connectivity index (χ3n) is 3.44. The number of carbonyl (C=O) groups is 2. The van der Waals surface area contributed by atoms with E-state index in [4.69, 9.17) is 5.14 Å². The number of rotatable bonds is 6. The number of anilines is 1. The molecule has 0 saturated carbocycles. The maximum Gasteiger partial charge on any atom is 0.251 e. The van der Waals surface area contributed by atoms with Crippen LogP contribution in [0.4, 0.5) is 5.69 Å². The lowest BCUT2D eigenvalue weighted by Gasteiger charge is -2.14. The summed E-state index contributed by atoms with van der Waals surface area (Å²) in [6.07, 6.45) is 0. The predicted molar refractivity (Wildman–Crippen MR) is 103 cm³/mol. The minimum absolute atomic E-state index is 0.277. The van der Waals surface area contributed by atoms with Crippen LogP contribution < -0.4 is 15.8 Å². The molecule has 2 amide bonds. The van der Waals surface area contributed by atoms with E-state index >= 15 is 0 Å². The van der Waals surface area contributed by atoms with Gasteiger partial charge < -0.3 is 10.6 Å². The van der Waals surface area contributed by atoms with E-state index in [-0.39, 0.29) is 11.7 Å². The second-order valence-electron chi connectivity index (χ2n) is 5.70. The lowest BCUT2D eigenvalue weighted by atomic mass is 10.2. The zero-order valence-corrected chi connectivity index (χ0v) is 16.3. The zero-order chi connectivity index (χ0) is 19.3. The summed E-state index contributed by atoms with van der Waals surface area (Å²) in [4.78, 5) is 24.3. The first kappa shape index (κ1) is 20.1. The average molecular weight is 440 g/mol. The molecule has 9 heteroatoms. The molecule has 2 aromatic rings. The van der Waals surface area contributed by atoms with Gasteiger partial charge in [0.1, 0.15) is 6.04 Å². The van der Waals surface area contributed by atoms with E-state index in [1.807, 2.05) is 0 Å². The van der Waals surface area contributed by atoms with Crippen molar-refractivity contribution in [1.29, 1.82) is 0 Å². The second-order valence-corrected chi connectivity index (χ2v) is 8.23. The Balaban J connectivity index is 1.94. The summed E-state index contributed by atoms with van der Waals surface area (Å²) < 4.78 is 23.0. The minimum atomic E-state index is -3.61. The summed E-state index contributed by atoms with van der Waals surface area (Å²) in [5, 5.41) is 10.3. The van der Waals surface area contributed by atoms with Crippen molar-refractivity contribution in [2.75, 3.05) is 5.32 Å². The quantitative estimate of drug-likeness (QED) is 0.637. The van der Waals surface area contributed by atoms with Gasteiger partial charge in [0.25, 0.3) is 5.91 Å². The molecule has 1 atom stereocenters. The van der Waals surface area contributed by atoms with Crippen LogP contribution in [0.25, 0.3) is 0 Å². The largest absolute Gasteiger partial charge is 0.341 e. The smallest absolute Gasteiger partial charge is 0.251 e. The molecule has 1 unspecified atom stereocenters. The molecule has 2 rings (SSSR count). The number of hydrogen-bond donors (Lipinski definition) is 3. The molecule has 7 nitrogen and oxygen atoms in total. The first-order chi connectivity index (χ1) is 12.1. The molecule has 0 bridgehead atoms. The molecule has 0 aliphatic rings. The maximum absolute atomic E-state index is 12.2. The van der Waals surface area contributed by atoms with Gasteiger partial charge in [0.2, 0.25) is 15.9 Å². The van der Waals surface area contributed by atoms with Crippen LogP contribution in [0.15, 0.2) is 53.0 Å². The van der Waals surface area contributed by atoms with Crippen LogP contribution in [-0.4, -0.2) is 26.3 Å². The highest BCUT2D eigenvalue weighted by atomic mass is 79.9. The van der Waals surface area contributed by atoms with Crippen LogP contribution in [0.2, 0.25) is 0 Å². The number of primary sulfonamides is 1. The molecule has 26 heavy (non-hydrogen) atoms. The lowest BCUT2D eigenvalue weighted by molar-refractivity contribution is -0.117. The molecule has 0 heterocycles. The third-order valence-corrected chi connectivity index (χ3v) is 4.70. The van der Waals surface area contributed by atoms with Gasteiger partial charge in [0.05, 0.1) is 5.75 Å². The van der Waals surface area contributed by atoms with Crippen molar-refractivity contribution in [3.8, 4) is 0 Å². The molecule has 0 fully saturated rings. The Morgan fingerprint density at radius 3 is 2.19 bits per heavy atom. The molecular weight excluding hydrogens is 422 g/mol. The Labute approximate surface area is 160 Å². The minimum Gasteiger partial charge on any atom is -0.341 e. The van der Waals surface area contributed by atoms with Gasteiger partial charge in [-0.2, -0.15) is 0 Å². The van der Waals surface area contributed by atoms with Crippen LogP contribution in [0.3, 0.4) is 0 Å². The predicted octanol–water partition coefficient (Wildman–Crippen LogP) is 1.99. The van der Waals surface area contributed by atoms with E-state index in [0.29, 0.717) is 16.8 Å². The molecule has 0 saturated heterocycles. The molecule has 4 N–H and O–H groups in total. The van der Waals surface area contributed by atoms with Crippen molar-refractivity contribution in [1.82, 2.24) is 5.32 Å². The van der Waals surface area contributed by atoms with E-state index < -0.39 is 22.0 Å². The van der Waals surface area contributed by atoms with Crippen LogP contribution in [0.5, 0.6) is 0 Å². The monoisotopic (exact) mass is 439 g/mol. The third kappa shape index (κ3) is 6.25. The van der Waals surface area contributed by atoms with Crippen molar-refractivity contribution >= 4 is 43.5 Å². The SMILES string of the molecule is CC(NC(=O)c1ccc(Br)cc1)C(=O)Nc1ccc(CS(N)(=O)=O)cc1. The number of nitrogens with two attached hydrogens (primary N) is 1. The Morgan fingerprint density at radius 1 is 1.08 bits per heavy atom. The van der Waals surface area contributed by atoms with Gasteiger partial charge in [-0.1, -0.05) is 28.1 Å². The van der Waals surface area contributed by atoms with Crippen LogP contribution >= 0.6 is 15.9 Å². The molecule has 2 aromatic carbocycles. The Morgan fingerprint density at radius 2 is 1.65 bits per heavy atom. The molecule has 0 aliphatic carbocycles. The number of sulfonamides is 1. The zero-order valence-electron chi connectivity index (χ0n) is 13.9. The van der Waals surface area contributed by atoms with Crippen molar-refractivity contribution in [2.45, 2.75) is 18.7 Å². The van der Waals surface area contributed by atoms with Crippen molar-refractivity contribution < 1.29 is 18.0 Å². The number of halogens is 1. The average Bonchev–Trinajstić information content (AvgIpc) is 2.55. The summed E-state index contributed by atoms with van der Waals surface area (Å²) in [5.41, 5.74) is 1.44. The first-order valence-electron chi connectivity index (χ1n) is 7.61. The molecule has 0 aliphatic heterocycles.